The molecule has 1 saturated heterocycles. The Morgan fingerprint density at radius 2 is 1.88 bits per heavy atom. The lowest BCUT2D eigenvalue weighted by molar-refractivity contribution is -0.384. The molecule has 0 bridgehead atoms. The van der Waals surface area contributed by atoms with Crippen LogP contribution in [0, 0.1) is 10.1 Å². The molecular weight excluding hydrogens is 558 g/mol. The molecule has 1 unspecified atom stereocenters. The first-order valence-electron chi connectivity index (χ1n) is 13.8. The molecule has 2 amide bonds. The molecule has 43 heavy (non-hydrogen) atoms. The highest BCUT2D eigenvalue weighted by atomic mass is 16.6. The largest absolute Gasteiger partial charge is 0.491 e. The van der Waals surface area contributed by atoms with Gasteiger partial charge in [-0.1, -0.05) is 6.07 Å². The molecule has 14 heteroatoms. The van der Waals surface area contributed by atoms with E-state index in [1.54, 1.807) is 24.3 Å². The molecule has 2 aliphatic rings. The molecule has 2 aromatic heterocycles. The number of anilines is 1. The average Bonchev–Trinajstić information content (AvgIpc) is 3.51. The van der Waals surface area contributed by atoms with Crippen molar-refractivity contribution in [1.82, 2.24) is 24.8 Å². The Kier molecular flexibility index (Phi) is 7.38. The Balaban J connectivity index is 1.19. The Labute approximate surface area is 244 Å². The molecule has 0 saturated carbocycles. The molecular formula is C29H29N7O7. The van der Waals surface area contributed by atoms with Crippen molar-refractivity contribution in [3.8, 4) is 17.1 Å². The number of pyridine rings is 1. The van der Waals surface area contributed by atoms with Gasteiger partial charge in [-0.2, -0.15) is 0 Å². The van der Waals surface area contributed by atoms with Crippen LogP contribution >= 0.6 is 0 Å². The van der Waals surface area contributed by atoms with Crippen LogP contribution in [0.1, 0.15) is 33.6 Å². The molecule has 4 N–H and O–H groups in total. The van der Waals surface area contributed by atoms with Crippen molar-refractivity contribution in [3.63, 3.8) is 0 Å². The third kappa shape index (κ3) is 5.45. The summed E-state index contributed by atoms with van der Waals surface area (Å²) in [4.78, 5) is 63.7. The van der Waals surface area contributed by atoms with Gasteiger partial charge >= 0.3 is 0 Å². The number of rotatable bonds is 9. The van der Waals surface area contributed by atoms with Crippen LogP contribution in [0.25, 0.3) is 22.4 Å². The quantitative estimate of drug-likeness (QED) is 0.129. The number of aliphatic hydroxyl groups excluding tert-OH is 1. The molecule has 4 aromatic rings. The summed E-state index contributed by atoms with van der Waals surface area (Å²) in [7, 11) is 2.02. The normalized spacial score (nSPS) is 16.5. The van der Waals surface area contributed by atoms with Crippen molar-refractivity contribution in [1.29, 1.82) is 0 Å². The number of aliphatic hydroxyl groups is 1. The van der Waals surface area contributed by atoms with Crippen molar-refractivity contribution >= 4 is 34.2 Å². The lowest BCUT2D eigenvalue weighted by Crippen LogP contribution is -2.46. The van der Waals surface area contributed by atoms with Crippen LogP contribution < -0.4 is 15.6 Å². The number of nitrogens with one attached hydrogen (secondary N) is 3. The number of imidazole rings is 1. The predicted octanol–water partition coefficient (Wildman–Crippen LogP) is 2.37. The minimum Gasteiger partial charge on any atom is -0.491 e. The summed E-state index contributed by atoms with van der Waals surface area (Å²) in [6.07, 6.45) is 1.88. The molecule has 1 fully saturated rings. The van der Waals surface area contributed by atoms with Crippen LogP contribution in [-0.4, -0.2) is 92.0 Å². The molecule has 0 radical (unpaired) electrons. The van der Waals surface area contributed by atoms with Gasteiger partial charge < -0.3 is 30.0 Å². The fraction of sp³-hybridized carbons (Fsp3) is 0.310. The third-order valence-electron chi connectivity index (χ3n) is 7.77. The van der Waals surface area contributed by atoms with Gasteiger partial charge in [0, 0.05) is 24.8 Å². The average molecular weight is 588 g/mol. The second-order valence-electron chi connectivity index (χ2n) is 10.7. The maximum absolute atomic E-state index is 13.3. The standard InChI is InChI=1S/C29H29N7O7/c1-34-9-6-16(7-10-34)35-28(39)20-12-23-24(13-21(20)29(35)40)33-26(32-23)25-22(5-8-30-27(25)38)31-14-18(37)15-43-19-4-2-3-17(11-19)36(41)42/h2-5,8,11-13,16,18,37H,6-7,9-10,14-15H2,1H3,(H,32,33)(H2,30,31,38). The van der Waals surface area contributed by atoms with E-state index in [4.69, 9.17) is 4.74 Å². The zero-order valence-electron chi connectivity index (χ0n) is 23.2. The van der Waals surface area contributed by atoms with Gasteiger partial charge in [-0.05, 0) is 57.2 Å². The van der Waals surface area contributed by atoms with Gasteiger partial charge in [-0.15, -0.1) is 0 Å². The number of benzene rings is 2. The number of aromatic nitrogens is 3. The SMILES string of the molecule is CN1CCC(N2C(=O)c3cc4nc(-c5c(NCC(O)COc6cccc([N+](=O)[O-])c6)cc[nH]c5=O)[nH]c4cc3C2=O)CC1. The molecule has 0 spiro atoms. The molecule has 222 valence electrons. The first-order valence-corrected chi connectivity index (χ1v) is 13.8. The van der Waals surface area contributed by atoms with Crippen LogP contribution in [0.2, 0.25) is 0 Å². The number of H-pyrrole nitrogens is 2. The molecule has 2 aromatic carbocycles. The second kappa shape index (κ2) is 11.3. The number of carbonyl (C=O) groups is 2. The number of imide groups is 1. The van der Waals surface area contributed by atoms with Crippen molar-refractivity contribution < 1.29 is 24.4 Å². The van der Waals surface area contributed by atoms with E-state index in [0.717, 1.165) is 25.9 Å². The summed E-state index contributed by atoms with van der Waals surface area (Å²) in [5, 5.41) is 24.5. The summed E-state index contributed by atoms with van der Waals surface area (Å²) in [5.41, 5.74) is 1.51. The van der Waals surface area contributed by atoms with Crippen LogP contribution in [0.4, 0.5) is 11.4 Å². The molecule has 4 heterocycles. The van der Waals surface area contributed by atoms with Gasteiger partial charge in [0.1, 0.15) is 29.8 Å². The van der Waals surface area contributed by atoms with E-state index < -0.39 is 16.6 Å². The minimum atomic E-state index is -1.02. The van der Waals surface area contributed by atoms with Crippen molar-refractivity contribution in [2.24, 2.45) is 0 Å². The summed E-state index contributed by atoms with van der Waals surface area (Å²) in [6.45, 7) is 1.47. The van der Waals surface area contributed by atoms with Crippen molar-refractivity contribution in [2.75, 3.05) is 38.6 Å². The molecule has 14 nitrogen and oxygen atoms in total. The number of hydrogen-bond acceptors (Lipinski definition) is 10. The number of fused-ring (bicyclic) bond motifs is 2. The van der Waals surface area contributed by atoms with Gasteiger partial charge in [-0.25, -0.2) is 4.98 Å². The molecule has 6 rings (SSSR count). The van der Waals surface area contributed by atoms with Crippen LogP contribution in [0.5, 0.6) is 5.75 Å². The second-order valence-corrected chi connectivity index (χ2v) is 10.7. The number of piperidine rings is 1. The van der Waals surface area contributed by atoms with E-state index >= 15 is 0 Å². The number of likely N-dealkylation sites (tertiary alicyclic amines) is 1. The highest BCUT2D eigenvalue weighted by Gasteiger charge is 2.41. The number of non-ortho nitro benzene ring substituents is 1. The van der Waals surface area contributed by atoms with E-state index in [2.05, 4.69) is 25.2 Å². The van der Waals surface area contributed by atoms with Crippen LogP contribution in [0.3, 0.4) is 0 Å². The van der Waals surface area contributed by atoms with Gasteiger partial charge in [0.15, 0.2) is 0 Å². The number of hydrogen-bond donors (Lipinski definition) is 4. The highest BCUT2D eigenvalue weighted by molar-refractivity contribution is 6.23. The number of nitrogens with zero attached hydrogens (tertiary/aromatic N) is 4. The van der Waals surface area contributed by atoms with Crippen LogP contribution in [0.15, 0.2) is 53.5 Å². The Hall–Kier alpha value is -5.08. The van der Waals surface area contributed by atoms with Gasteiger partial charge in [0.2, 0.25) is 0 Å². The van der Waals surface area contributed by atoms with E-state index in [9.17, 15) is 29.6 Å². The van der Waals surface area contributed by atoms with Crippen molar-refractivity contribution in [2.45, 2.75) is 25.0 Å². The Morgan fingerprint density at radius 1 is 1.14 bits per heavy atom. The Morgan fingerprint density at radius 3 is 2.63 bits per heavy atom. The number of carbonyl (C=O) groups excluding carboxylic acids is 2. The summed E-state index contributed by atoms with van der Waals surface area (Å²) >= 11 is 0. The van der Waals surface area contributed by atoms with Gasteiger partial charge in [0.25, 0.3) is 23.1 Å². The van der Waals surface area contributed by atoms with E-state index in [1.807, 2.05) is 7.05 Å². The van der Waals surface area contributed by atoms with E-state index in [0.29, 0.717) is 27.8 Å². The highest BCUT2D eigenvalue weighted by Crippen LogP contribution is 2.32. The first-order chi connectivity index (χ1) is 20.7. The minimum absolute atomic E-state index is 0.00426. The predicted molar refractivity (Wildman–Crippen MR) is 156 cm³/mol. The maximum atomic E-state index is 13.3. The third-order valence-corrected chi connectivity index (χ3v) is 7.77. The fourth-order valence-corrected chi connectivity index (χ4v) is 5.49. The smallest absolute Gasteiger partial charge is 0.273 e. The molecule has 2 aliphatic heterocycles. The van der Waals surface area contributed by atoms with Crippen molar-refractivity contribution in [3.05, 3.63) is 80.3 Å². The summed E-state index contributed by atoms with van der Waals surface area (Å²) in [6, 6.07) is 10.3. The number of aromatic amines is 2. The topological polar surface area (TPSA) is 187 Å². The molecule has 0 aliphatic carbocycles. The number of ether oxygens (including phenoxy) is 1. The van der Waals surface area contributed by atoms with Gasteiger partial charge in [-0.3, -0.25) is 29.4 Å². The lowest BCUT2D eigenvalue weighted by atomic mass is 10.0. The number of nitro groups is 1. The molecule has 1 atom stereocenters. The summed E-state index contributed by atoms with van der Waals surface area (Å²) in [5.74, 6) is -0.195. The maximum Gasteiger partial charge on any atom is 0.273 e. The van der Waals surface area contributed by atoms with Crippen LogP contribution in [-0.2, 0) is 0 Å². The lowest BCUT2D eigenvalue weighted by Gasteiger charge is -2.33. The van der Waals surface area contributed by atoms with E-state index in [1.165, 1.54) is 29.3 Å². The van der Waals surface area contributed by atoms with E-state index in [-0.39, 0.29) is 53.8 Å². The summed E-state index contributed by atoms with van der Waals surface area (Å²) < 4.78 is 5.49. The number of amides is 2. The first kappa shape index (κ1) is 28.1. The Bertz CT molecular complexity index is 1740. The number of nitro benzene ring substituents is 1. The van der Waals surface area contributed by atoms with Gasteiger partial charge in [0.05, 0.1) is 38.8 Å². The zero-order valence-corrected chi connectivity index (χ0v) is 23.2. The fourth-order valence-electron chi connectivity index (χ4n) is 5.49. The zero-order chi connectivity index (χ0) is 30.2. The monoisotopic (exact) mass is 587 g/mol.